The minimum atomic E-state index is -0.398. The first-order valence-electron chi connectivity index (χ1n) is 8.87. The first-order chi connectivity index (χ1) is 14.5. The van der Waals surface area contributed by atoms with Crippen LogP contribution in [0.25, 0.3) is 0 Å². The van der Waals surface area contributed by atoms with Crippen LogP contribution < -0.4 is 15.5 Å². The fraction of sp³-hybridized carbons (Fsp3) is 0.0455. The van der Waals surface area contributed by atoms with Gasteiger partial charge in [-0.1, -0.05) is 47.5 Å². The summed E-state index contributed by atoms with van der Waals surface area (Å²) in [7, 11) is 0. The Hall–Kier alpha value is -3.35. The normalized spacial score (nSPS) is 10.6. The highest BCUT2D eigenvalue weighted by Crippen LogP contribution is 2.19. The fourth-order valence-electron chi connectivity index (χ4n) is 2.40. The third kappa shape index (κ3) is 6.34. The molecular formula is C22H17Cl2N3O3. The van der Waals surface area contributed by atoms with E-state index in [0.717, 1.165) is 0 Å². The molecule has 8 heteroatoms. The Labute approximate surface area is 183 Å². The lowest BCUT2D eigenvalue weighted by Gasteiger charge is -2.08. The standard InChI is InChI=1S/C22H17Cl2N3O3/c23-17-9-6-16(20(24)12-17)13-25-27-22(29)15-7-10-19(11-8-15)30-14-21(28)26-18-4-2-1-3-5-18/h1-13H,14H2,(H,26,28)(H,27,29)/b25-13+. The van der Waals surface area contributed by atoms with E-state index in [4.69, 9.17) is 27.9 Å². The molecule has 0 radical (unpaired) electrons. The number of anilines is 1. The first-order valence-corrected chi connectivity index (χ1v) is 9.63. The second kappa shape index (κ2) is 10.4. The van der Waals surface area contributed by atoms with Crippen molar-refractivity contribution in [3.63, 3.8) is 0 Å². The molecule has 0 bridgehead atoms. The van der Waals surface area contributed by atoms with Gasteiger partial charge in [0, 0.05) is 21.8 Å². The lowest BCUT2D eigenvalue weighted by molar-refractivity contribution is -0.118. The number of hydrazone groups is 1. The lowest BCUT2D eigenvalue weighted by atomic mass is 10.2. The van der Waals surface area contributed by atoms with Crippen LogP contribution in [-0.2, 0) is 4.79 Å². The maximum absolute atomic E-state index is 12.2. The third-order valence-electron chi connectivity index (χ3n) is 3.88. The van der Waals surface area contributed by atoms with Gasteiger partial charge in [-0.05, 0) is 48.5 Å². The van der Waals surface area contributed by atoms with Crippen molar-refractivity contribution in [3.8, 4) is 5.75 Å². The van der Waals surface area contributed by atoms with Crippen LogP contribution >= 0.6 is 23.2 Å². The molecule has 0 saturated carbocycles. The highest BCUT2D eigenvalue weighted by molar-refractivity contribution is 6.36. The average Bonchev–Trinajstić information content (AvgIpc) is 2.75. The predicted molar refractivity (Wildman–Crippen MR) is 119 cm³/mol. The molecule has 0 aromatic heterocycles. The number of benzene rings is 3. The van der Waals surface area contributed by atoms with E-state index in [2.05, 4.69) is 15.8 Å². The summed E-state index contributed by atoms with van der Waals surface area (Å²) in [5.41, 5.74) is 4.12. The fourth-order valence-corrected chi connectivity index (χ4v) is 2.86. The predicted octanol–water partition coefficient (Wildman–Crippen LogP) is 4.77. The number of ether oxygens (including phenoxy) is 1. The van der Waals surface area contributed by atoms with Gasteiger partial charge in [0.15, 0.2) is 6.61 Å². The molecule has 2 amide bonds. The molecule has 0 fully saturated rings. The number of carbonyl (C=O) groups is 2. The summed E-state index contributed by atoms with van der Waals surface area (Å²) in [6.07, 6.45) is 1.43. The number of nitrogens with one attached hydrogen (secondary N) is 2. The summed E-state index contributed by atoms with van der Waals surface area (Å²) in [6, 6.07) is 20.4. The summed E-state index contributed by atoms with van der Waals surface area (Å²) >= 11 is 11.9. The van der Waals surface area contributed by atoms with Gasteiger partial charge in [0.25, 0.3) is 11.8 Å². The van der Waals surface area contributed by atoms with Crippen molar-refractivity contribution in [1.82, 2.24) is 5.43 Å². The largest absolute Gasteiger partial charge is 0.484 e. The van der Waals surface area contributed by atoms with Gasteiger partial charge in [-0.15, -0.1) is 0 Å². The molecule has 152 valence electrons. The van der Waals surface area contributed by atoms with E-state index in [1.165, 1.54) is 6.21 Å². The summed E-state index contributed by atoms with van der Waals surface area (Å²) in [5.74, 6) is -0.214. The molecule has 0 heterocycles. The van der Waals surface area contributed by atoms with Gasteiger partial charge in [-0.25, -0.2) is 5.43 Å². The van der Waals surface area contributed by atoms with Gasteiger partial charge >= 0.3 is 0 Å². The van der Waals surface area contributed by atoms with E-state index in [1.807, 2.05) is 18.2 Å². The maximum atomic E-state index is 12.2. The molecule has 0 aliphatic rings. The van der Waals surface area contributed by atoms with Crippen molar-refractivity contribution in [3.05, 3.63) is 94.0 Å². The molecule has 0 aliphatic heterocycles. The van der Waals surface area contributed by atoms with E-state index >= 15 is 0 Å². The molecule has 0 atom stereocenters. The number of para-hydroxylation sites is 1. The molecule has 0 spiro atoms. The number of halogens is 2. The quantitative estimate of drug-likeness (QED) is 0.409. The van der Waals surface area contributed by atoms with Crippen molar-refractivity contribution in [2.45, 2.75) is 0 Å². The van der Waals surface area contributed by atoms with Crippen molar-refractivity contribution in [2.75, 3.05) is 11.9 Å². The Bertz CT molecular complexity index is 1050. The highest BCUT2D eigenvalue weighted by Gasteiger charge is 2.07. The topological polar surface area (TPSA) is 79.8 Å². The van der Waals surface area contributed by atoms with Gasteiger partial charge < -0.3 is 10.1 Å². The van der Waals surface area contributed by atoms with Gasteiger partial charge in [0.1, 0.15) is 5.75 Å². The number of hydrogen-bond donors (Lipinski definition) is 2. The zero-order valence-corrected chi connectivity index (χ0v) is 17.2. The SMILES string of the molecule is O=C(COc1ccc(C(=O)N/N=C/c2ccc(Cl)cc2Cl)cc1)Nc1ccccc1. The minimum Gasteiger partial charge on any atom is -0.484 e. The van der Waals surface area contributed by atoms with Crippen LogP contribution in [0.3, 0.4) is 0 Å². The number of amides is 2. The minimum absolute atomic E-state index is 0.146. The molecule has 30 heavy (non-hydrogen) atoms. The summed E-state index contributed by atoms with van der Waals surface area (Å²) in [6.45, 7) is -0.146. The van der Waals surface area contributed by atoms with E-state index < -0.39 is 5.91 Å². The molecule has 0 unspecified atom stereocenters. The zero-order valence-electron chi connectivity index (χ0n) is 15.6. The molecule has 0 saturated heterocycles. The molecule has 3 rings (SSSR count). The molecular weight excluding hydrogens is 425 g/mol. The molecule has 6 nitrogen and oxygen atoms in total. The van der Waals surface area contributed by atoms with Crippen LogP contribution in [0, 0.1) is 0 Å². The number of hydrogen-bond acceptors (Lipinski definition) is 4. The van der Waals surface area contributed by atoms with E-state index in [1.54, 1.807) is 54.6 Å². The van der Waals surface area contributed by atoms with Gasteiger partial charge in [-0.3, -0.25) is 9.59 Å². The molecule has 3 aromatic carbocycles. The summed E-state index contributed by atoms with van der Waals surface area (Å²) in [4.78, 5) is 24.1. The van der Waals surface area contributed by atoms with Crippen LogP contribution in [0.1, 0.15) is 15.9 Å². The van der Waals surface area contributed by atoms with E-state index in [9.17, 15) is 9.59 Å². The van der Waals surface area contributed by atoms with Gasteiger partial charge in [0.05, 0.1) is 11.2 Å². The second-order valence-electron chi connectivity index (χ2n) is 6.09. The summed E-state index contributed by atoms with van der Waals surface area (Å²) < 4.78 is 5.44. The Morgan fingerprint density at radius 3 is 2.40 bits per heavy atom. The second-order valence-corrected chi connectivity index (χ2v) is 6.94. The van der Waals surface area contributed by atoms with E-state index in [0.29, 0.717) is 32.6 Å². The van der Waals surface area contributed by atoms with Crippen LogP contribution in [-0.4, -0.2) is 24.6 Å². The molecule has 0 aliphatic carbocycles. The van der Waals surface area contributed by atoms with Crippen molar-refractivity contribution in [1.29, 1.82) is 0 Å². The van der Waals surface area contributed by atoms with Crippen LogP contribution in [0.15, 0.2) is 77.9 Å². The average molecular weight is 442 g/mol. The summed E-state index contributed by atoms with van der Waals surface area (Å²) in [5, 5.41) is 7.56. The monoisotopic (exact) mass is 441 g/mol. The van der Waals surface area contributed by atoms with Crippen LogP contribution in [0.2, 0.25) is 10.0 Å². The van der Waals surface area contributed by atoms with Crippen LogP contribution in [0.5, 0.6) is 5.75 Å². The Balaban J connectivity index is 1.49. The van der Waals surface area contributed by atoms with Crippen LogP contribution in [0.4, 0.5) is 5.69 Å². The Morgan fingerprint density at radius 1 is 0.967 bits per heavy atom. The Morgan fingerprint density at radius 2 is 1.70 bits per heavy atom. The Kier molecular flexibility index (Phi) is 7.43. The third-order valence-corrected chi connectivity index (χ3v) is 4.44. The van der Waals surface area contributed by atoms with Gasteiger partial charge in [-0.2, -0.15) is 5.10 Å². The zero-order chi connectivity index (χ0) is 21.3. The van der Waals surface area contributed by atoms with Crippen molar-refractivity contribution < 1.29 is 14.3 Å². The lowest BCUT2D eigenvalue weighted by Crippen LogP contribution is -2.20. The number of carbonyl (C=O) groups excluding carboxylic acids is 2. The van der Waals surface area contributed by atoms with Gasteiger partial charge in [0.2, 0.25) is 0 Å². The molecule has 2 N–H and O–H groups in total. The number of nitrogens with zero attached hydrogens (tertiary/aromatic N) is 1. The van der Waals surface area contributed by atoms with E-state index in [-0.39, 0.29) is 12.5 Å². The molecule has 3 aromatic rings. The van der Waals surface area contributed by atoms with Crippen molar-refractivity contribution >= 4 is 46.9 Å². The number of rotatable bonds is 7. The van der Waals surface area contributed by atoms with Crippen molar-refractivity contribution in [2.24, 2.45) is 5.10 Å². The highest BCUT2D eigenvalue weighted by atomic mass is 35.5. The maximum Gasteiger partial charge on any atom is 0.271 e. The smallest absolute Gasteiger partial charge is 0.271 e. The first kappa shape index (κ1) is 21.4.